The van der Waals surface area contributed by atoms with E-state index >= 15 is 0 Å². The van der Waals surface area contributed by atoms with Crippen LogP contribution in [-0.4, -0.2) is 80.5 Å². The lowest BCUT2D eigenvalue weighted by Gasteiger charge is -2.47. The van der Waals surface area contributed by atoms with E-state index in [0.717, 1.165) is 12.8 Å². The Morgan fingerprint density at radius 1 is 1.26 bits per heavy atom. The number of ether oxygens (including phenoxy) is 2. The first-order valence-corrected chi connectivity index (χ1v) is 9.61. The van der Waals surface area contributed by atoms with Gasteiger partial charge in [-0.25, -0.2) is 4.79 Å². The third-order valence-electron chi connectivity index (χ3n) is 5.89. The molecular weight excluding hydrogens is 358 g/mol. The molecule has 2 aliphatic rings. The molecule has 6 atom stereocenters. The number of hydrogen-bond donors (Lipinski definition) is 6. The van der Waals surface area contributed by atoms with E-state index in [1.807, 2.05) is 0 Å². The fourth-order valence-electron chi connectivity index (χ4n) is 4.01. The molecule has 6 unspecified atom stereocenters. The molecule has 158 valence electrons. The van der Waals surface area contributed by atoms with Gasteiger partial charge >= 0.3 is 5.97 Å². The normalized spacial score (nSPS) is 39.9. The number of carboxylic acids is 1. The molecule has 9 heteroatoms. The van der Waals surface area contributed by atoms with Crippen molar-refractivity contribution in [1.29, 1.82) is 0 Å². The van der Waals surface area contributed by atoms with Crippen molar-refractivity contribution < 1.29 is 39.8 Å². The Labute approximate surface area is 159 Å². The first-order chi connectivity index (χ1) is 12.6. The minimum atomic E-state index is -2.16. The van der Waals surface area contributed by atoms with Gasteiger partial charge < -0.3 is 40.7 Å². The van der Waals surface area contributed by atoms with Crippen LogP contribution in [0, 0.1) is 11.8 Å². The fourth-order valence-corrected chi connectivity index (χ4v) is 4.01. The molecule has 2 fully saturated rings. The van der Waals surface area contributed by atoms with Gasteiger partial charge in [0.2, 0.25) is 0 Å². The van der Waals surface area contributed by atoms with Crippen LogP contribution >= 0.6 is 0 Å². The molecule has 27 heavy (non-hydrogen) atoms. The van der Waals surface area contributed by atoms with Crippen LogP contribution in [0.2, 0.25) is 0 Å². The number of carboxylic acid groups (broad SMARTS) is 1. The van der Waals surface area contributed by atoms with Gasteiger partial charge in [-0.1, -0.05) is 13.8 Å². The highest BCUT2D eigenvalue weighted by Crippen LogP contribution is 2.38. The van der Waals surface area contributed by atoms with Crippen molar-refractivity contribution in [1.82, 2.24) is 0 Å². The molecule has 0 spiro atoms. The summed E-state index contributed by atoms with van der Waals surface area (Å²) in [4.78, 5) is 12.0. The van der Waals surface area contributed by atoms with E-state index in [9.17, 15) is 25.2 Å². The Bertz CT molecular complexity index is 496. The molecule has 0 aromatic rings. The molecule has 2 rings (SSSR count). The standard InChI is InChI=1S/C18H33NO8/c1-9(2)10-3-5-11(6-4-10)26-18(17(24)25)7-12(21)14(19)16(27-18)15(23)13(22)8-20/h9-16,20-23H,3-8,19H2,1-2H3,(H,24,25). The van der Waals surface area contributed by atoms with Gasteiger partial charge in [-0.15, -0.1) is 0 Å². The lowest BCUT2D eigenvalue weighted by atomic mass is 9.80. The minimum absolute atomic E-state index is 0.349. The van der Waals surface area contributed by atoms with Gasteiger partial charge in [0.1, 0.15) is 18.3 Å². The fraction of sp³-hybridized carbons (Fsp3) is 0.944. The molecule has 0 radical (unpaired) electrons. The highest BCUT2D eigenvalue weighted by atomic mass is 16.7. The quantitative estimate of drug-likeness (QED) is 0.326. The molecule has 1 saturated carbocycles. The van der Waals surface area contributed by atoms with E-state index in [0.29, 0.717) is 24.7 Å². The molecule has 0 aromatic carbocycles. The van der Waals surface area contributed by atoms with Gasteiger partial charge in [0.15, 0.2) is 0 Å². The van der Waals surface area contributed by atoms with Crippen LogP contribution in [-0.2, 0) is 14.3 Å². The molecule has 7 N–H and O–H groups in total. The van der Waals surface area contributed by atoms with E-state index in [1.165, 1.54) is 0 Å². The molecule has 0 amide bonds. The molecular formula is C18H33NO8. The smallest absolute Gasteiger partial charge is 0.364 e. The molecule has 9 nitrogen and oxygen atoms in total. The third kappa shape index (κ3) is 4.97. The maximum atomic E-state index is 12.0. The number of nitrogens with two attached hydrogens (primary N) is 1. The van der Waals surface area contributed by atoms with Crippen LogP contribution in [0.5, 0.6) is 0 Å². The first-order valence-electron chi connectivity index (χ1n) is 9.61. The van der Waals surface area contributed by atoms with Crippen LogP contribution in [0.3, 0.4) is 0 Å². The molecule has 1 aliphatic heterocycles. The number of aliphatic carboxylic acids is 1. The number of rotatable bonds is 7. The third-order valence-corrected chi connectivity index (χ3v) is 5.89. The van der Waals surface area contributed by atoms with Gasteiger partial charge in [0, 0.05) is 6.42 Å². The Kier molecular flexibility index (Phi) is 7.60. The van der Waals surface area contributed by atoms with Gasteiger partial charge in [0.05, 0.1) is 24.9 Å². The second kappa shape index (κ2) is 9.13. The number of hydrogen-bond acceptors (Lipinski definition) is 8. The lowest BCUT2D eigenvalue weighted by molar-refractivity contribution is -0.323. The van der Waals surface area contributed by atoms with E-state index in [2.05, 4.69) is 13.8 Å². The van der Waals surface area contributed by atoms with E-state index in [-0.39, 0.29) is 12.5 Å². The summed E-state index contributed by atoms with van der Waals surface area (Å²) >= 11 is 0. The number of aliphatic hydroxyl groups excluding tert-OH is 4. The highest BCUT2D eigenvalue weighted by molar-refractivity contribution is 5.76. The summed E-state index contributed by atoms with van der Waals surface area (Å²) in [7, 11) is 0. The molecule has 1 saturated heterocycles. The zero-order valence-electron chi connectivity index (χ0n) is 15.9. The summed E-state index contributed by atoms with van der Waals surface area (Å²) in [5.74, 6) is -2.48. The van der Waals surface area contributed by atoms with Crippen LogP contribution in [0.15, 0.2) is 0 Å². The molecule has 1 aliphatic carbocycles. The van der Waals surface area contributed by atoms with Crippen LogP contribution in [0.1, 0.15) is 46.0 Å². The largest absolute Gasteiger partial charge is 0.477 e. The van der Waals surface area contributed by atoms with Gasteiger partial charge in [-0.2, -0.15) is 0 Å². The minimum Gasteiger partial charge on any atom is -0.477 e. The van der Waals surface area contributed by atoms with Crippen molar-refractivity contribution in [3.8, 4) is 0 Å². The second-order valence-electron chi connectivity index (χ2n) is 8.13. The van der Waals surface area contributed by atoms with Crippen LogP contribution < -0.4 is 5.73 Å². The summed E-state index contributed by atoms with van der Waals surface area (Å²) in [5.41, 5.74) is 5.85. The van der Waals surface area contributed by atoms with E-state index < -0.39 is 48.8 Å². The van der Waals surface area contributed by atoms with E-state index in [4.69, 9.17) is 20.3 Å². The van der Waals surface area contributed by atoms with Crippen LogP contribution in [0.4, 0.5) is 0 Å². The maximum absolute atomic E-state index is 12.0. The highest BCUT2D eigenvalue weighted by Gasteiger charge is 2.55. The summed E-state index contributed by atoms with van der Waals surface area (Å²) in [6.07, 6.45) is -3.52. The predicted octanol–water partition coefficient (Wildman–Crippen LogP) is -0.810. The van der Waals surface area contributed by atoms with Crippen molar-refractivity contribution in [2.24, 2.45) is 17.6 Å². The summed E-state index contributed by atoms with van der Waals surface area (Å²) < 4.78 is 11.4. The monoisotopic (exact) mass is 391 g/mol. The van der Waals surface area contributed by atoms with Crippen LogP contribution in [0.25, 0.3) is 0 Å². The van der Waals surface area contributed by atoms with Crippen molar-refractivity contribution in [2.45, 2.75) is 88.3 Å². The zero-order valence-corrected chi connectivity index (χ0v) is 15.9. The Morgan fingerprint density at radius 2 is 1.85 bits per heavy atom. The maximum Gasteiger partial charge on any atom is 0.364 e. The van der Waals surface area contributed by atoms with Crippen molar-refractivity contribution >= 4 is 5.97 Å². The van der Waals surface area contributed by atoms with Crippen molar-refractivity contribution in [3.63, 3.8) is 0 Å². The van der Waals surface area contributed by atoms with Gasteiger partial charge in [-0.3, -0.25) is 0 Å². The van der Waals surface area contributed by atoms with Crippen molar-refractivity contribution in [2.75, 3.05) is 6.61 Å². The number of aliphatic hydroxyl groups is 4. The Hall–Kier alpha value is -0.810. The topological polar surface area (TPSA) is 163 Å². The predicted molar refractivity (Wildman–Crippen MR) is 94.6 cm³/mol. The first kappa shape index (κ1) is 22.5. The summed E-state index contributed by atoms with van der Waals surface area (Å²) in [6, 6.07) is -1.13. The zero-order chi connectivity index (χ0) is 20.4. The summed E-state index contributed by atoms with van der Waals surface area (Å²) in [5, 5.41) is 48.9. The van der Waals surface area contributed by atoms with Crippen molar-refractivity contribution in [3.05, 3.63) is 0 Å². The Balaban J connectivity index is 2.15. The SMILES string of the molecule is CC(C)C1CCC(OC2(C(=O)O)CC(O)C(N)C(C(O)C(O)CO)O2)CC1. The average Bonchev–Trinajstić information content (AvgIpc) is 2.63. The lowest BCUT2D eigenvalue weighted by Crippen LogP contribution is -2.67. The van der Waals surface area contributed by atoms with E-state index in [1.54, 1.807) is 0 Å². The molecule has 0 bridgehead atoms. The van der Waals surface area contributed by atoms with Gasteiger partial charge in [0.25, 0.3) is 5.79 Å². The molecule has 1 heterocycles. The molecule has 0 aromatic heterocycles. The summed E-state index contributed by atoms with van der Waals surface area (Å²) in [6.45, 7) is 3.56. The second-order valence-corrected chi connectivity index (χ2v) is 8.13. The van der Waals surface area contributed by atoms with Gasteiger partial charge in [-0.05, 0) is 37.5 Å². The number of carbonyl (C=O) groups is 1. The average molecular weight is 391 g/mol. The Morgan fingerprint density at radius 3 is 2.33 bits per heavy atom.